The van der Waals surface area contributed by atoms with E-state index >= 15 is 0 Å². The zero-order chi connectivity index (χ0) is 16.0. The molecule has 0 aromatic carbocycles. The Kier molecular flexibility index (Phi) is 4.19. The first-order valence-electron chi connectivity index (χ1n) is 5.36. The van der Waals surface area contributed by atoms with E-state index in [0.717, 1.165) is 10.9 Å². The Bertz CT molecular complexity index is 898. The van der Waals surface area contributed by atoms with Crippen LogP contribution in [-0.2, 0) is 27.1 Å². The third-order valence-electron chi connectivity index (χ3n) is 2.46. The minimum atomic E-state index is -4.09. The highest BCUT2D eigenvalue weighted by atomic mass is 79.9. The number of anilines is 1. The van der Waals surface area contributed by atoms with Crippen molar-refractivity contribution in [3.05, 3.63) is 20.9 Å². The second-order valence-corrected chi connectivity index (χ2v) is 9.95. The first kappa shape index (κ1) is 16.4. The lowest BCUT2D eigenvalue weighted by Crippen LogP contribution is -2.18. The minimum absolute atomic E-state index is 0.0467. The number of nitrogens with two attached hydrogens (primary N) is 1. The van der Waals surface area contributed by atoms with Gasteiger partial charge in [-0.2, -0.15) is 5.10 Å². The second kappa shape index (κ2) is 5.35. The van der Waals surface area contributed by atoms with Crippen LogP contribution in [-0.4, -0.2) is 26.6 Å². The van der Waals surface area contributed by atoms with Crippen LogP contribution in [0.1, 0.15) is 4.88 Å². The summed E-state index contributed by atoms with van der Waals surface area (Å²) in [6, 6.07) is 1.43. The number of primary sulfonamides is 1. The Hall–Kier alpha value is -0.950. The highest BCUT2D eigenvalue weighted by Gasteiger charge is 2.25. The molecule has 0 aliphatic heterocycles. The smallest absolute Gasteiger partial charge is 0.264 e. The Labute approximate surface area is 134 Å². The van der Waals surface area contributed by atoms with Crippen molar-refractivity contribution in [2.45, 2.75) is 16.7 Å². The number of hydrogen-bond donors (Lipinski definition) is 2. The SMILES string of the molecule is Cc1sc(Br)cc1S(=O)(=O)Nc1nn(C)cc1S(N)(=O)=O. The quantitative estimate of drug-likeness (QED) is 0.771. The van der Waals surface area contributed by atoms with Gasteiger partial charge in [0.05, 0.1) is 3.79 Å². The van der Waals surface area contributed by atoms with Crippen molar-refractivity contribution < 1.29 is 16.8 Å². The molecule has 0 radical (unpaired) electrons. The predicted octanol–water partition coefficient (Wildman–Crippen LogP) is 1.00. The molecule has 2 heterocycles. The Morgan fingerprint density at radius 2 is 1.95 bits per heavy atom. The van der Waals surface area contributed by atoms with E-state index in [9.17, 15) is 16.8 Å². The number of hydrogen-bond acceptors (Lipinski definition) is 6. The molecule has 0 bridgehead atoms. The summed E-state index contributed by atoms with van der Waals surface area (Å²) in [5.74, 6) is -0.332. The summed E-state index contributed by atoms with van der Waals surface area (Å²) < 4.78 is 51.5. The van der Waals surface area contributed by atoms with Crippen LogP contribution >= 0.6 is 27.3 Å². The summed E-state index contributed by atoms with van der Waals surface area (Å²) in [5.41, 5.74) is 0. The Balaban J connectivity index is 2.50. The normalized spacial score (nSPS) is 12.6. The number of nitrogens with zero attached hydrogens (tertiary/aromatic N) is 2. The van der Waals surface area contributed by atoms with Gasteiger partial charge >= 0.3 is 0 Å². The molecule has 2 aromatic heterocycles. The van der Waals surface area contributed by atoms with Gasteiger partial charge in [-0.15, -0.1) is 11.3 Å². The van der Waals surface area contributed by atoms with Crippen molar-refractivity contribution in [2.75, 3.05) is 4.72 Å². The number of aromatic nitrogens is 2. The van der Waals surface area contributed by atoms with Crippen molar-refractivity contribution in [1.82, 2.24) is 9.78 Å². The molecule has 8 nitrogen and oxygen atoms in total. The third kappa shape index (κ3) is 3.45. The summed E-state index contributed by atoms with van der Waals surface area (Å²) >= 11 is 4.45. The number of sulfonamides is 2. The van der Waals surface area contributed by atoms with Crippen molar-refractivity contribution in [3.8, 4) is 0 Å². The highest BCUT2D eigenvalue weighted by molar-refractivity contribution is 9.11. The Morgan fingerprint density at radius 3 is 2.43 bits per heavy atom. The topological polar surface area (TPSA) is 124 Å². The molecule has 21 heavy (non-hydrogen) atoms. The zero-order valence-electron chi connectivity index (χ0n) is 10.9. The van der Waals surface area contributed by atoms with E-state index in [2.05, 4.69) is 25.8 Å². The maximum atomic E-state index is 12.3. The van der Waals surface area contributed by atoms with Gasteiger partial charge in [-0.1, -0.05) is 0 Å². The molecule has 2 rings (SSSR count). The molecular weight excluding hydrogens is 404 g/mol. The monoisotopic (exact) mass is 414 g/mol. The molecular formula is C9H11BrN4O4S3. The van der Waals surface area contributed by atoms with Gasteiger partial charge in [-0.05, 0) is 28.9 Å². The number of rotatable bonds is 4. The van der Waals surface area contributed by atoms with Gasteiger partial charge in [0.1, 0.15) is 9.79 Å². The first-order chi connectivity index (χ1) is 9.50. The molecule has 116 valence electrons. The average molecular weight is 415 g/mol. The van der Waals surface area contributed by atoms with Crippen LogP contribution in [0.3, 0.4) is 0 Å². The molecule has 0 aliphatic carbocycles. The molecule has 0 unspecified atom stereocenters. The molecule has 0 spiro atoms. The van der Waals surface area contributed by atoms with E-state index in [4.69, 9.17) is 5.14 Å². The van der Waals surface area contributed by atoms with Crippen LogP contribution in [0.25, 0.3) is 0 Å². The lowest BCUT2D eigenvalue weighted by Gasteiger charge is -2.06. The summed E-state index contributed by atoms with van der Waals surface area (Å²) in [6.45, 7) is 1.64. The number of nitrogens with one attached hydrogen (secondary N) is 1. The van der Waals surface area contributed by atoms with Crippen molar-refractivity contribution in [2.24, 2.45) is 12.2 Å². The molecule has 0 atom stereocenters. The molecule has 3 N–H and O–H groups in total. The average Bonchev–Trinajstić information content (AvgIpc) is 2.80. The van der Waals surface area contributed by atoms with Crippen LogP contribution in [0.5, 0.6) is 0 Å². The lowest BCUT2D eigenvalue weighted by molar-refractivity contribution is 0.598. The molecule has 0 fully saturated rings. The van der Waals surface area contributed by atoms with E-state index in [1.165, 1.54) is 24.5 Å². The fourth-order valence-electron chi connectivity index (χ4n) is 1.63. The standard InChI is InChI=1S/C9H11BrN4O4S3/c1-5-6(3-8(10)19-5)21(17,18)13-9-7(20(11,15)16)4-14(2)12-9/h3-4H,1-2H3,(H,12,13)(H2,11,15,16). The molecule has 0 aliphatic rings. The van der Waals surface area contributed by atoms with Crippen molar-refractivity contribution in [1.29, 1.82) is 0 Å². The summed E-state index contributed by atoms with van der Waals surface area (Å²) in [5, 5.41) is 8.82. The van der Waals surface area contributed by atoms with E-state index in [0.29, 0.717) is 8.66 Å². The largest absolute Gasteiger partial charge is 0.272 e. The maximum absolute atomic E-state index is 12.3. The molecule has 12 heteroatoms. The third-order valence-corrected chi connectivity index (χ3v) is 6.52. The molecule has 0 saturated heterocycles. The zero-order valence-corrected chi connectivity index (χ0v) is 14.9. The van der Waals surface area contributed by atoms with Crippen molar-refractivity contribution in [3.63, 3.8) is 0 Å². The van der Waals surface area contributed by atoms with Gasteiger partial charge in [0.25, 0.3) is 10.0 Å². The maximum Gasteiger partial charge on any atom is 0.264 e. The van der Waals surface area contributed by atoms with Gasteiger partial charge in [-0.25, -0.2) is 22.0 Å². The molecule has 0 amide bonds. The fourth-order valence-corrected chi connectivity index (χ4v) is 5.78. The predicted molar refractivity (Wildman–Crippen MR) is 82.1 cm³/mol. The van der Waals surface area contributed by atoms with E-state index in [1.807, 2.05) is 0 Å². The Morgan fingerprint density at radius 1 is 1.33 bits per heavy atom. The van der Waals surface area contributed by atoms with E-state index in [-0.39, 0.29) is 15.6 Å². The molecule has 0 saturated carbocycles. The summed E-state index contributed by atoms with van der Waals surface area (Å²) in [6.07, 6.45) is 1.13. The van der Waals surface area contributed by atoms with Crippen LogP contribution in [0.4, 0.5) is 5.82 Å². The van der Waals surface area contributed by atoms with Gasteiger partial charge < -0.3 is 0 Å². The van der Waals surface area contributed by atoms with Crippen LogP contribution in [0.15, 0.2) is 25.8 Å². The fraction of sp³-hybridized carbons (Fsp3) is 0.222. The number of aryl methyl sites for hydroxylation is 2. The van der Waals surface area contributed by atoms with Crippen LogP contribution < -0.4 is 9.86 Å². The van der Waals surface area contributed by atoms with Crippen molar-refractivity contribution >= 4 is 53.1 Å². The van der Waals surface area contributed by atoms with Crippen LogP contribution in [0, 0.1) is 6.92 Å². The second-order valence-electron chi connectivity index (χ2n) is 4.14. The summed E-state index contributed by atoms with van der Waals surface area (Å²) in [7, 11) is -6.59. The van der Waals surface area contributed by atoms with Gasteiger partial charge in [0.15, 0.2) is 5.82 Å². The van der Waals surface area contributed by atoms with Gasteiger partial charge in [-0.3, -0.25) is 9.40 Å². The highest BCUT2D eigenvalue weighted by Crippen LogP contribution is 2.31. The number of thiophene rings is 1. The lowest BCUT2D eigenvalue weighted by atomic mass is 10.5. The first-order valence-corrected chi connectivity index (χ1v) is 10.00. The number of halogens is 1. The van der Waals surface area contributed by atoms with E-state index in [1.54, 1.807) is 6.92 Å². The van der Waals surface area contributed by atoms with Gasteiger partial charge in [0, 0.05) is 18.1 Å². The molecule has 2 aromatic rings. The van der Waals surface area contributed by atoms with E-state index < -0.39 is 20.0 Å². The van der Waals surface area contributed by atoms with Crippen LogP contribution in [0.2, 0.25) is 0 Å². The minimum Gasteiger partial charge on any atom is -0.272 e. The van der Waals surface area contributed by atoms with Gasteiger partial charge in [0.2, 0.25) is 10.0 Å². The summed E-state index contributed by atoms with van der Waals surface area (Å²) in [4.78, 5) is 0.216.